The van der Waals surface area contributed by atoms with Crippen LogP contribution in [0, 0.1) is 10.1 Å². The monoisotopic (exact) mass is 263 g/mol. The number of hydrogen-bond acceptors (Lipinski definition) is 3. The van der Waals surface area contributed by atoms with Crippen LogP contribution < -0.4 is 0 Å². The fourth-order valence-corrected chi connectivity index (χ4v) is 1.98. The molecule has 0 aliphatic carbocycles. The zero-order chi connectivity index (χ0) is 14.0. The fourth-order valence-electron chi connectivity index (χ4n) is 1.98. The van der Waals surface area contributed by atoms with E-state index in [1.54, 1.807) is 6.92 Å². The molecule has 1 N–H and O–H groups in total. The number of nitrogens with zero attached hydrogens (tertiary/aromatic N) is 1. The Morgan fingerprint density at radius 2 is 1.78 bits per heavy atom. The Labute approximate surface area is 109 Å². The van der Waals surface area contributed by atoms with Gasteiger partial charge in [-0.1, -0.05) is 32.6 Å². The molecule has 18 heavy (non-hydrogen) atoms. The third kappa shape index (κ3) is 8.39. The molecule has 0 saturated heterocycles. The van der Waals surface area contributed by atoms with E-state index in [0.29, 0.717) is 25.7 Å². The zero-order valence-corrected chi connectivity index (χ0v) is 11.5. The first-order chi connectivity index (χ1) is 8.49. The molecule has 3 atom stereocenters. The normalized spacial score (nSPS) is 16.2. The van der Waals surface area contributed by atoms with Crippen LogP contribution in [0.5, 0.6) is 0 Å². The summed E-state index contributed by atoms with van der Waals surface area (Å²) in [5.74, 6) is 0. The number of hydrogen-bond donors (Lipinski definition) is 1. The van der Waals surface area contributed by atoms with Gasteiger partial charge in [0.1, 0.15) is 0 Å². The maximum atomic E-state index is 13.7. The third-order valence-electron chi connectivity index (χ3n) is 3.14. The van der Waals surface area contributed by atoms with Crippen LogP contribution in [0.25, 0.3) is 0 Å². The van der Waals surface area contributed by atoms with Crippen LogP contribution in [0.3, 0.4) is 0 Å². The lowest BCUT2D eigenvalue weighted by atomic mass is 10.00. The highest BCUT2D eigenvalue weighted by molar-refractivity contribution is 4.69. The van der Waals surface area contributed by atoms with E-state index in [2.05, 4.69) is 0 Å². The Hall–Kier alpha value is -0.710. The lowest BCUT2D eigenvalue weighted by molar-refractivity contribution is -0.532. The number of rotatable bonds is 11. The van der Waals surface area contributed by atoms with Crippen molar-refractivity contribution in [2.45, 2.75) is 83.5 Å². The van der Waals surface area contributed by atoms with Crippen molar-refractivity contribution in [1.82, 2.24) is 0 Å². The minimum absolute atomic E-state index is 0.288. The van der Waals surface area contributed by atoms with E-state index < -0.39 is 17.1 Å². The number of alkyl halides is 1. The van der Waals surface area contributed by atoms with Gasteiger partial charge in [-0.15, -0.1) is 0 Å². The highest BCUT2D eigenvalue weighted by Crippen LogP contribution is 2.18. The second kappa shape index (κ2) is 10.2. The van der Waals surface area contributed by atoms with E-state index in [-0.39, 0.29) is 12.5 Å². The summed E-state index contributed by atoms with van der Waals surface area (Å²) in [6.45, 7) is 3.67. The maximum Gasteiger partial charge on any atom is 0.243 e. The highest BCUT2D eigenvalue weighted by atomic mass is 19.1. The van der Waals surface area contributed by atoms with Gasteiger partial charge in [0, 0.05) is 11.3 Å². The highest BCUT2D eigenvalue weighted by Gasteiger charge is 2.30. The molecule has 0 aliphatic heterocycles. The number of halogens is 1. The van der Waals surface area contributed by atoms with E-state index >= 15 is 0 Å². The molecule has 0 radical (unpaired) electrons. The summed E-state index contributed by atoms with van der Waals surface area (Å²) in [6, 6.07) is -1.05. The molecule has 0 heterocycles. The maximum absolute atomic E-state index is 13.7. The number of unbranched alkanes of at least 4 members (excludes halogenated alkanes) is 3. The first-order valence-corrected chi connectivity index (χ1v) is 6.94. The molecule has 0 aromatic heterocycles. The van der Waals surface area contributed by atoms with E-state index in [1.807, 2.05) is 6.92 Å². The van der Waals surface area contributed by atoms with E-state index in [9.17, 15) is 14.5 Å². The van der Waals surface area contributed by atoms with Crippen molar-refractivity contribution in [3.05, 3.63) is 10.1 Å². The van der Waals surface area contributed by atoms with Crippen molar-refractivity contribution < 1.29 is 14.4 Å². The van der Waals surface area contributed by atoms with Crippen molar-refractivity contribution in [3.63, 3.8) is 0 Å². The molecular weight excluding hydrogens is 237 g/mol. The fraction of sp³-hybridized carbons (Fsp3) is 1.00. The van der Waals surface area contributed by atoms with Gasteiger partial charge in [-0.25, -0.2) is 4.39 Å². The number of aliphatic hydroxyl groups is 1. The first kappa shape index (κ1) is 17.3. The van der Waals surface area contributed by atoms with Crippen LogP contribution >= 0.6 is 0 Å². The first-order valence-electron chi connectivity index (χ1n) is 6.94. The Morgan fingerprint density at radius 1 is 1.17 bits per heavy atom. The van der Waals surface area contributed by atoms with Gasteiger partial charge in [-0.2, -0.15) is 0 Å². The minimum Gasteiger partial charge on any atom is -0.393 e. The van der Waals surface area contributed by atoms with Crippen molar-refractivity contribution in [2.75, 3.05) is 0 Å². The third-order valence-corrected chi connectivity index (χ3v) is 3.14. The van der Waals surface area contributed by atoms with Crippen LogP contribution in [0.15, 0.2) is 0 Å². The summed E-state index contributed by atoms with van der Waals surface area (Å²) in [6.07, 6.45) is 3.53. The van der Waals surface area contributed by atoms with E-state index in [0.717, 1.165) is 19.3 Å². The van der Waals surface area contributed by atoms with Crippen molar-refractivity contribution >= 4 is 0 Å². The smallest absolute Gasteiger partial charge is 0.243 e. The van der Waals surface area contributed by atoms with Crippen LogP contribution in [-0.2, 0) is 0 Å². The Kier molecular flexibility index (Phi) is 9.83. The molecule has 0 spiro atoms. The molecule has 0 rings (SSSR count). The molecular formula is C13H26FNO3. The van der Waals surface area contributed by atoms with Gasteiger partial charge in [0.2, 0.25) is 6.04 Å². The van der Waals surface area contributed by atoms with Gasteiger partial charge in [-0.3, -0.25) is 10.1 Å². The topological polar surface area (TPSA) is 63.4 Å². The lowest BCUT2D eigenvalue weighted by Gasteiger charge is -2.13. The Morgan fingerprint density at radius 3 is 2.28 bits per heavy atom. The molecule has 0 aromatic carbocycles. The van der Waals surface area contributed by atoms with Crippen molar-refractivity contribution in [2.24, 2.45) is 0 Å². The summed E-state index contributed by atoms with van der Waals surface area (Å²) >= 11 is 0. The summed E-state index contributed by atoms with van der Waals surface area (Å²) in [4.78, 5) is 10.3. The quantitative estimate of drug-likeness (QED) is 0.352. The molecule has 0 saturated carbocycles. The van der Waals surface area contributed by atoms with Crippen LogP contribution in [0.1, 0.15) is 65.2 Å². The summed E-state index contributed by atoms with van der Waals surface area (Å²) < 4.78 is 13.7. The molecule has 0 aliphatic rings. The molecule has 108 valence electrons. The molecule has 0 amide bonds. The van der Waals surface area contributed by atoms with Gasteiger partial charge < -0.3 is 5.11 Å². The van der Waals surface area contributed by atoms with E-state index in [1.165, 1.54) is 0 Å². The molecule has 0 aromatic rings. The molecule has 0 bridgehead atoms. The van der Waals surface area contributed by atoms with Gasteiger partial charge in [0.15, 0.2) is 6.17 Å². The minimum atomic E-state index is -1.32. The predicted molar refractivity (Wildman–Crippen MR) is 70.0 cm³/mol. The van der Waals surface area contributed by atoms with Crippen LogP contribution in [0.4, 0.5) is 4.39 Å². The molecule has 2 unspecified atom stereocenters. The lowest BCUT2D eigenvalue weighted by Crippen LogP contribution is -2.30. The van der Waals surface area contributed by atoms with Gasteiger partial charge in [0.25, 0.3) is 0 Å². The number of aliphatic hydroxyl groups excluding tert-OH is 1. The van der Waals surface area contributed by atoms with Crippen molar-refractivity contribution in [3.8, 4) is 0 Å². The van der Waals surface area contributed by atoms with Gasteiger partial charge >= 0.3 is 0 Å². The second-order valence-corrected chi connectivity index (χ2v) is 5.00. The predicted octanol–water partition coefficient (Wildman–Crippen LogP) is 3.49. The Balaban J connectivity index is 3.86. The average Bonchev–Trinajstić information content (AvgIpc) is 2.29. The average molecular weight is 263 g/mol. The standard InChI is InChI=1S/C13H26FNO3/c1-3-4-9-12(14)13(15(17)18)10-7-5-6-8-11(2)16/h11-13,16H,3-10H2,1-2H3/t11?,12?,13-/m0/s1. The molecule has 0 fully saturated rings. The zero-order valence-electron chi connectivity index (χ0n) is 11.5. The summed E-state index contributed by atoms with van der Waals surface area (Å²) in [7, 11) is 0. The van der Waals surface area contributed by atoms with Gasteiger partial charge in [-0.05, 0) is 26.2 Å². The Bertz CT molecular complexity index is 224. The van der Waals surface area contributed by atoms with Gasteiger partial charge in [0.05, 0.1) is 6.10 Å². The van der Waals surface area contributed by atoms with E-state index in [4.69, 9.17) is 5.11 Å². The largest absolute Gasteiger partial charge is 0.393 e. The van der Waals surface area contributed by atoms with Crippen molar-refractivity contribution in [1.29, 1.82) is 0 Å². The molecule has 4 nitrogen and oxygen atoms in total. The number of nitro groups is 1. The summed E-state index contributed by atoms with van der Waals surface area (Å²) in [5.41, 5.74) is 0. The van der Waals surface area contributed by atoms with Crippen LogP contribution in [0.2, 0.25) is 0 Å². The second-order valence-electron chi connectivity index (χ2n) is 5.00. The summed E-state index contributed by atoms with van der Waals surface area (Å²) in [5, 5.41) is 19.9. The molecule has 5 heteroatoms. The van der Waals surface area contributed by atoms with Crippen LogP contribution in [-0.4, -0.2) is 28.3 Å². The SMILES string of the molecule is CCCCC(F)[C@H](CCCCCC(C)O)[N+](=O)[O-].